The van der Waals surface area contributed by atoms with Crippen LogP contribution in [-0.2, 0) is 20.1 Å². The minimum Gasteiger partial charge on any atom is -0.455 e. The fraction of sp³-hybridized carbons (Fsp3) is 0.214. The Bertz CT molecular complexity index is 744. The number of nitrogens with one attached hydrogen (secondary N) is 1. The fourth-order valence-electron chi connectivity index (χ4n) is 1.61. The standard InChI is InChI=1S/C14H13ClN2O4S3/c15-10-2-1-8(24-10)6-22-7-12(19)21-5-11(18)17-14-9(13(16)20)3-4-23-14/h1-4H,5-7H2,(H2,16,20)(H,17,18). The maximum absolute atomic E-state index is 11.7. The SMILES string of the molecule is NC(=O)c1ccsc1NC(=O)COC(=O)CSCc1ccc(Cl)s1. The molecule has 128 valence electrons. The number of carbonyl (C=O) groups excluding carboxylic acids is 3. The van der Waals surface area contributed by atoms with Crippen LogP contribution < -0.4 is 11.1 Å². The minimum absolute atomic E-state index is 0.133. The van der Waals surface area contributed by atoms with Crippen molar-refractivity contribution >= 4 is 68.8 Å². The number of esters is 1. The maximum atomic E-state index is 11.7. The number of hydrogen-bond acceptors (Lipinski definition) is 7. The highest BCUT2D eigenvalue weighted by Crippen LogP contribution is 2.25. The van der Waals surface area contributed by atoms with Gasteiger partial charge in [-0.05, 0) is 23.6 Å². The third-order valence-electron chi connectivity index (χ3n) is 2.64. The molecule has 0 aromatic carbocycles. The molecule has 0 spiro atoms. The highest BCUT2D eigenvalue weighted by atomic mass is 35.5. The van der Waals surface area contributed by atoms with E-state index >= 15 is 0 Å². The van der Waals surface area contributed by atoms with Crippen molar-refractivity contribution in [3.63, 3.8) is 0 Å². The van der Waals surface area contributed by atoms with Gasteiger partial charge in [0.15, 0.2) is 6.61 Å². The van der Waals surface area contributed by atoms with E-state index in [1.165, 1.54) is 40.5 Å². The van der Waals surface area contributed by atoms with Crippen molar-refractivity contribution in [3.8, 4) is 0 Å². The predicted octanol–water partition coefficient (Wildman–Crippen LogP) is 2.98. The zero-order valence-electron chi connectivity index (χ0n) is 12.2. The van der Waals surface area contributed by atoms with Crippen molar-refractivity contribution in [3.05, 3.63) is 38.4 Å². The van der Waals surface area contributed by atoms with Crippen molar-refractivity contribution in [2.75, 3.05) is 17.7 Å². The molecule has 0 unspecified atom stereocenters. The second-order valence-electron chi connectivity index (χ2n) is 4.44. The Morgan fingerprint density at radius 3 is 2.75 bits per heavy atom. The van der Waals surface area contributed by atoms with Crippen LogP contribution in [-0.4, -0.2) is 30.1 Å². The van der Waals surface area contributed by atoms with Crippen molar-refractivity contribution < 1.29 is 19.1 Å². The Kier molecular flexibility index (Phi) is 7.10. The molecular formula is C14H13ClN2O4S3. The van der Waals surface area contributed by atoms with Crippen LogP contribution in [0, 0.1) is 0 Å². The van der Waals surface area contributed by atoms with E-state index in [1.54, 1.807) is 11.4 Å². The molecule has 2 aromatic rings. The molecule has 2 aromatic heterocycles. The zero-order valence-corrected chi connectivity index (χ0v) is 15.4. The molecule has 0 saturated carbocycles. The number of halogens is 1. The van der Waals surface area contributed by atoms with E-state index in [-0.39, 0.29) is 11.3 Å². The summed E-state index contributed by atoms with van der Waals surface area (Å²) >= 11 is 9.82. The molecule has 0 fully saturated rings. The van der Waals surface area contributed by atoms with Crippen LogP contribution in [0.4, 0.5) is 5.00 Å². The Labute approximate surface area is 155 Å². The lowest BCUT2D eigenvalue weighted by molar-refractivity contribution is -0.144. The van der Waals surface area contributed by atoms with Crippen LogP contribution in [0.25, 0.3) is 0 Å². The summed E-state index contributed by atoms with van der Waals surface area (Å²) in [5.41, 5.74) is 5.41. The van der Waals surface area contributed by atoms with Crippen LogP contribution in [0.15, 0.2) is 23.6 Å². The van der Waals surface area contributed by atoms with Crippen LogP contribution in [0.5, 0.6) is 0 Å². The molecule has 2 amide bonds. The van der Waals surface area contributed by atoms with Gasteiger partial charge in [-0.1, -0.05) is 11.6 Å². The van der Waals surface area contributed by atoms with Crippen LogP contribution in [0.2, 0.25) is 4.34 Å². The average molecular weight is 405 g/mol. The molecular weight excluding hydrogens is 392 g/mol. The Hall–Kier alpha value is -1.55. The van der Waals surface area contributed by atoms with E-state index in [9.17, 15) is 14.4 Å². The lowest BCUT2D eigenvalue weighted by Gasteiger charge is -2.06. The monoisotopic (exact) mass is 404 g/mol. The largest absolute Gasteiger partial charge is 0.455 e. The number of anilines is 1. The summed E-state index contributed by atoms with van der Waals surface area (Å²) in [5.74, 6) is -0.861. The third kappa shape index (κ3) is 5.82. The summed E-state index contributed by atoms with van der Waals surface area (Å²) in [6, 6.07) is 5.22. The molecule has 0 aliphatic heterocycles. The topological polar surface area (TPSA) is 98.5 Å². The number of thiophene rings is 2. The molecule has 0 atom stereocenters. The van der Waals surface area contributed by atoms with Crippen molar-refractivity contribution in [2.24, 2.45) is 5.73 Å². The molecule has 6 nitrogen and oxygen atoms in total. The first-order valence-electron chi connectivity index (χ1n) is 6.60. The van der Waals surface area contributed by atoms with Crippen molar-refractivity contribution in [1.29, 1.82) is 0 Å². The highest BCUT2D eigenvalue weighted by Gasteiger charge is 2.14. The number of carbonyl (C=O) groups is 3. The van der Waals surface area contributed by atoms with E-state index in [0.717, 1.165) is 4.88 Å². The van der Waals surface area contributed by atoms with Gasteiger partial charge < -0.3 is 15.8 Å². The number of rotatable bonds is 8. The fourth-order valence-corrected chi connectivity index (χ4v) is 4.44. The predicted molar refractivity (Wildman–Crippen MR) is 97.9 cm³/mol. The summed E-state index contributed by atoms with van der Waals surface area (Å²) in [7, 11) is 0. The second kappa shape index (κ2) is 9.07. The quantitative estimate of drug-likeness (QED) is 0.659. The van der Waals surface area contributed by atoms with Gasteiger partial charge in [-0.3, -0.25) is 14.4 Å². The lowest BCUT2D eigenvalue weighted by atomic mass is 10.3. The van der Waals surface area contributed by atoms with Crippen molar-refractivity contribution in [2.45, 2.75) is 5.75 Å². The molecule has 2 heterocycles. The summed E-state index contributed by atoms with van der Waals surface area (Å²) in [5, 5.41) is 4.47. The van der Waals surface area contributed by atoms with Gasteiger partial charge in [-0.2, -0.15) is 0 Å². The van der Waals surface area contributed by atoms with Gasteiger partial charge in [0.25, 0.3) is 11.8 Å². The normalized spacial score (nSPS) is 10.4. The molecule has 3 N–H and O–H groups in total. The van der Waals surface area contributed by atoms with E-state index in [0.29, 0.717) is 15.1 Å². The van der Waals surface area contributed by atoms with E-state index in [1.807, 2.05) is 6.07 Å². The molecule has 0 aliphatic carbocycles. The Morgan fingerprint density at radius 1 is 1.29 bits per heavy atom. The molecule has 24 heavy (non-hydrogen) atoms. The van der Waals surface area contributed by atoms with Crippen LogP contribution in [0.3, 0.4) is 0 Å². The van der Waals surface area contributed by atoms with E-state index in [2.05, 4.69) is 5.32 Å². The molecule has 0 aliphatic rings. The molecule has 0 radical (unpaired) electrons. The number of thioether (sulfide) groups is 1. The third-order valence-corrected chi connectivity index (χ3v) is 5.84. The lowest BCUT2D eigenvalue weighted by Crippen LogP contribution is -2.22. The molecule has 0 saturated heterocycles. The second-order valence-corrected chi connectivity index (χ2v) is 8.14. The van der Waals surface area contributed by atoms with E-state index < -0.39 is 24.4 Å². The van der Waals surface area contributed by atoms with Gasteiger partial charge >= 0.3 is 5.97 Å². The Balaban J connectivity index is 1.68. The summed E-state index contributed by atoms with van der Waals surface area (Å²) < 4.78 is 5.59. The number of hydrogen-bond donors (Lipinski definition) is 2. The van der Waals surface area contributed by atoms with Gasteiger partial charge in [-0.15, -0.1) is 34.4 Å². The number of amides is 2. The number of primary amides is 1. The van der Waals surface area contributed by atoms with Gasteiger partial charge in [-0.25, -0.2) is 0 Å². The van der Waals surface area contributed by atoms with E-state index in [4.69, 9.17) is 22.1 Å². The summed E-state index contributed by atoms with van der Waals surface area (Å²) in [4.78, 5) is 35.5. The average Bonchev–Trinajstić information content (AvgIpc) is 3.14. The van der Waals surface area contributed by atoms with Gasteiger partial charge in [0.05, 0.1) is 15.7 Å². The first-order valence-corrected chi connectivity index (χ1v) is 9.83. The first-order chi connectivity index (χ1) is 11.5. The molecule has 0 bridgehead atoms. The van der Waals surface area contributed by atoms with Crippen LogP contribution >= 0.6 is 46.0 Å². The number of ether oxygens (including phenoxy) is 1. The van der Waals surface area contributed by atoms with Gasteiger partial charge in [0.2, 0.25) is 0 Å². The maximum Gasteiger partial charge on any atom is 0.316 e. The summed E-state index contributed by atoms with van der Waals surface area (Å²) in [6.45, 7) is -0.416. The number of nitrogens with two attached hydrogens (primary N) is 1. The van der Waals surface area contributed by atoms with Gasteiger partial charge in [0, 0.05) is 10.6 Å². The smallest absolute Gasteiger partial charge is 0.316 e. The van der Waals surface area contributed by atoms with Crippen molar-refractivity contribution in [1.82, 2.24) is 0 Å². The Morgan fingerprint density at radius 2 is 2.08 bits per heavy atom. The van der Waals surface area contributed by atoms with Crippen LogP contribution in [0.1, 0.15) is 15.2 Å². The minimum atomic E-state index is -0.631. The zero-order chi connectivity index (χ0) is 17.5. The first kappa shape index (κ1) is 18.8. The molecule has 2 rings (SSSR count). The van der Waals surface area contributed by atoms with Gasteiger partial charge in [0.1, 0.15) is 5.00 Å². The highest BCUT2D eigenvalue weighted by molar-refractivity contribution is 7.99. The summed E-state index contributed by atoms with van der Waals surface area (Å²) in [6.07, 6.45) is 0. The molecule has 10 heteroatoms.